The van der Waals surface area contributed by atoms with Gasteiger partial charge in [0.25, 0.3) is 0 Å². The SMILES string of the molecule is Cc1ccc(-c2nc(Br)nc(-c3ccc(I)cc3)n2)cc1. The summed E-state index contributed by atoms with van der Waals surface area (Å²) in [4.78, 5) is 13.3. The summed E-state index contributed by atoms with van der Waals surface area (Å²) in [5, 5.41) is 0. The fraction of sp³-hybridized carbons (Fsp3) is 0.0625. The molecule has 1 heterocycles. The second-order valence-electron chi connectivity index (χ2n) is 4.62. The Morgan fingerprint density at radius 2 is 1.24 bits per heavy atom. The number of aryl methyl sites for hydroxylation is 1. The quantitative estimate of drug-likeness (QED) is 0.521. The van der Waals surface area contributed by atoms with E-state index in [1.165, 1.54) is 9.13 Å². The molecule has 3 aromatic rings. The fourth-order valence-corrected chi connectivity index (χ4v) is 2.61. The highest BCUT2D eigenvalue weighted by Crippen LogP contribution is 2.22. The van der Waals surface area contributed by atoms with E-state index in [9.17, 15) is 0 Å². The Kier molecular flexibility index (Phi) is 4.30. The van der Waals surface area contributed by atoms with E-state index in [1.54, 1.807) is 0 Å². The van der Waals surface area contributed by atoms with Gasteiger partial charge in [-0.1, -0.05) is 42.0 Å². The number of rotatable bonds is 2. The maximum absolute atomic E-state index is 4.58. The lowest BCUT2D eigenvalue weighted by atomic mass is 10.1. The van der Waals surface area contributed by atoms with Crippen molar-refractivity contribution >= 4 is 38.5 Å². The third-order valence-corrected chi connectivity index (χ3v) is 4.09. The molecule has 0 aliphatic heterocycles. The van der Waals surface area contributed by atoms with Gasteiger partial charge in [0.05, 0.1) is 0 Å². The largest absolute Gasteiger partial charge is 0.208 e. The van der Waals surface area contributed by atoms with Crippen LogP contribution in [-0.4, -0.2) is 15.0 Å². The van der Waals surface area contributed by atoms with E-state index in [4.69, 9.17) is 0 Å². The summed E-state index contributed by atoms with van der Waals surface area (Å²) in [6, 6.07) is 16.3. The highest BCUT2D eigenvalue weighted by atomic mass is 127. The lowest BCUT2D eigenvalue weighted by Crippen LogP contribution is -1.97. The Labute approximate surface area is 145 Å². The third-order valence-electron chi connectivity index (χ3n) is 3.02. The van der Waals surface area contributed by atoms with Gasteiger partial charge in [-0.3, -0.25) is 0 Å². The minimum atomic E-state index is 0.543. The molecule has 2 aromatic carbocycles. The molecule has 0 radical (unpaired) electrons. The lowest BCUT2D eigenvalue weighted by molar-refractivity contribution is 1.03. The smallest absolute Gasteiger partial charge is 0.200 e. The average molecular weight is 452 g/mol. The highest BCUT2D eigenvalue weighted by Gasteiger charge is 2.09. The molecule has 0 fully saturated rings. The molecule has 0 aliphatic rings. The Morgan fingerprint density at radius 3 is 1.76 bits per heavy atom. The molecule has 21 heavy (non-hydrogen) atoms. The van der Waals surface area contributed by atoms with Crippen LogP contribution in [0.1, 0.15) is 5.56 Å². The molecule has 104 valence electrons. The molecule has 0 atom stereocenters. The van der Waals surface area contributed by atoms with E-state index >= 15 is 0 Å². The maximum Gasteiger partial charge on any atom is 0.200 e. The number of hydrogen-bond donors (Lipinski definition) is 0. The predicted octanol–water partition coefficient (Wildman–Crippen LogP) is 4.88. The van der Waals surface area contributed by atoms with E-state index in [1.807, 2.05) is 36.4 Å². The van der Waals surface area contributed by atoms with Gasteiger partial charge in [-0.15, -0.1) is 0 Å². The monoisotopic (exact) mass is 451 g/mol. The van der Waals surface area contributed by atoms with Crippen LogP contribution in [0.4, 0.5) is 0 Å². The first-order valence-electron chi connectivity index (χ1n) is 6.36. The second-order valence-corrected chi connectivity index (χ2v) is 6.58. The maximum atomic E-state index is 4.58. The van der Waals surface area contributed by atoms with Gasteiger partial charge in [0, 0.05) is 14.7 Å². The fourth-order valence-electron chi connectivity index (χ4n) is 1.91. The predicted molar refractivity (Wildman–Crippen MR) is 95.9 cm³/mol. The van der Waals surface area contributed by atoms with Crippen molar-refractivity contribution in [1.82, 2.24) is 15.0 Å². The van der Waals surface area contributed by atoms with Gasteiger partial charge in [-0.25, -0.2) is 15.0 Å². The number of hydrogen-bond acceptors (Lipinski definition) is 3. The molecule has 0 saturated carbocycles. The van der Waals surface area contributed by atoms with Gasteiger partial charge >= 0.3 is 0 Å². The Morgan fingerprint density at radius 1 is 0.762 bits per heavy atom. The lowest BCUT2D eigenvalue weighted by Gasteiger charge is -2.05. The molecule has 3 rings (SSSR count). The first kappa shape index (κ1) is 14.6. The molecule has 0 aliphatic carbocycles. The molecule has 5 heteroatoms. The van der Waals surface area contributed by atoms with Crippen LogP contribution in [-0.2, 0) is 0 Å². The first-order chi connectivity index (χ1) is 10.1. The molecule has 0 unspecified atom stereocenters. The molecule has 0 saturated heterocycles. The minimum Gasteiger partial charge on any atom is -0.208 e. The summed E-state index contributed by atoms with van der Waals surface area (Å²) >= 11 is 5.65. The van der Waals surface area contributed by atoms with Crippen molar-refractivity contribution in [3.8, 4) is 22.8 Å². The van der Waals surface area contributed by atoms with Crippen molar-refractivity contribution in [3.05, 3.63) is 62.4 Å². The van der Waals surface area contributed by atoms with Crippen LogP contribution >= 0.6 is 38.5 Å². The molecule has 1 aromatic heterocycles. The summed E-state index contributed by atoms with van der Waals surface area (Å²) in [7, 11) is 0. The number of nitrogens with zero attached hydrogens (tertiary/aromatic N) is 3. The number of halogens is 2. The van der Waals surface area contributed by atoms with Crippen LogP contribution in [0.25, 0.3) is 22.8 Å². The van der Waals surface area contributed by atoms with E-state index < -0.39 is 0 Å². The Bertz CT molecular complexity index is 707. The first-order valence-corrected chi connectivity index (χ1v) is 8.23. The average Bonchev–Trinajstić information content (AvgIpc) is 2.48. The van der Waals surface area contributed by atoms with Crippen LogP contribution in [0.15, 0.2) is 53.3 Å². The van der Waals surface area contributed by atoms with Crippen molar-refractivity contribution < 1.29 is 0 Å². The van der Waals surface area contributed by atoms with E-state index in [0.717, 1.165) is 11.1 Å². The topological polar surface area (TPSA) is 38.7 Å². The van der Waals surface area contributed by atoms with Gasteiger partial charge in [0.15, 0.2) is 11.6 Å². The van der Waals surface area contributed by atoms with Crippen LogP contribution in [0.5, 0.6) is 0 Å². The van der Waals surface area contributed by atoms with Crippen LogP contribution in [0.2, 0.25) is 0 Å². The van der Waals surface area contributed by atoms with Crippen molar-refractivity contribution in [2.75, 3.05) is 0 Å². The standard InChI is InChI=1S/C16H11BrIN3/c1-10-2-4-11(5-3-10)14-19-15(21-16(17)20-14)12-6-8-13(18)9-7-12/h2-9H,1H3. The van der Waals surface area contributed by atoms with Gasteiger partial charge in [-0.2, -0.15) is 0 Å². The third kappa shape index (κ3) is 3.47. The van der Waals surface area contributed by atoms with Crippen molar-refractivity contribution in [1.29, 1.82) is 0 Å². The molecule has 0 amide bonds. The summed E-state index contributed by atoms with van der Waals surface area (Å²) in [5.41, 5.74) is 3.17. The zero-order chi connectivity index (χ0) is 14.8. The van der Waals surface area contributed by atoms with Crippen molar-refractivity contribution in [2.24, 2.45) is 0 Å². The summed E-state index contributed by atoms with van der Waals surface area (Å²) in [6.45, 7) is 2.06. The zero-order valence-corrected chi connectivity index (χ0v) is 15.0. The van der Waals surface area contributed by atoms with Crippen molar-refractivity contribution in [3.63, 3.8) is 0 Å². The van der Waals surface area contributed by atoms with E-state index in [0.29, 0.717) is 16.4 Å². The molecular weight excluding hydrogens is 441 g/mol. The number of benzene rings is 2. The normalized spacial score (nSPS) is 10.6. The minimum absolute atomic E-state index is 0.543. The van der Waals surface area contributed by atoms with Gasteiger partial charge < -0.3 is 0 Å². The summed E-state index contributed by atoms with van der Waals surface area (Å²) in [5.74, 6) is 1.34. The Hall–Kier alpha value is -1.34. The Balaban J connectivity index is 2.07. The molecule has 0 bridgehead atoms. The molecule has 0 spiro atoms. The molecular formula is C16H11BrIN3. The van der Waals surface area contributed by atoms with Gasteiger partial charge in [0.1, 0.15) is 0 Å². The van der Waals surface area contributed by atoms with Crippen LogP contribution in [0.3, 0.4) is 0 Å². The van der Waals surface area contributed by atoms with E-state index in [-0.39, 0.29) is 0 Å². The van der Waals surface area contributed by atoms with Crippen molar-refractivity contribution in [2.45, 2.75) is 6.92 Å². The van der Waals surface area contributed by atoms with E-state index in [2.05, 4.69) is 72.5 Å². The molecule has 0 N–H and O–H groups in total. The summed E-state index contributed by atoms with van der Waals surface area (Å²) in [6.07, 6.45) is 0. The number of aromatic nitrogens is 3. The highest BCUT2D eigenvalue weighted by molar-refractivity contribution is 14.1. The van der Waals surface area contributed by atoms with Crippen LogP contribution in [0, 0.1) is 10.5 Å². The van der Waals surface area contributed by atoms with Crippen LogP contribution < -0.4 is 0 Å². The zero-order valence-electron chi connectivity index (χ0n) is 11.2. The summed E-state index contributed by atoms with van der Waals surface area (Å²) < 4.78 is 1.73. The van der Waals surface area contributed by atoms with Gasteiger partial charge in [-0.05, 0) is 57.6 Å². The van der Waals surface area contributed by atoms with Gasteiger partial charge in [0.2, 0.25) is 4.73 Å². The molecule has 3 nitrogen and oxygen atoms in total. The second kappa shape index (κ2) is 6.19.